The molecular formula is C10H16N2OS. The molecule has 0 bridgehead atoms. The van der Waals surface area contributed by atoms with E-state index in [1.54, 1.807) is 18.4 Å². The lowest BCUT2D eigenvalue weighted by atomic mass is 10.1. The highest BCUT2D eigenvalue weighted by atomic mass is 32.1. The van der Waals surface area contributed by atoms with E-state index in [1.807, 2.05) is 0 Å². The molecule has 0 aliphatic heterocycles. The molecule has 1 aromatic heterocycles. The fourth-order valence-electron chi connectivity index (χ4n) is 1.24. The number of aryl methyl sites for hydroxylation is 2. The third-order valence-electron chi connectivity index (χ3n) is 2.16. The fraction of sp³-hybridized carbons (Fsp3) is 0.500. The second-order valence-electron chi connectivity index (χ2n) is 3.38. The monoisotopic (exact) mass is 212 g/mol. The summed E-state index contributed by atoms with van der Waals surface area (Å²) < 4.78 is 0. The van der Waals surface area contributed by atoms with Gasteiger partial charge in [-0.25, -0.2) is 5.84 Å². The van der Waals surface area contributed by atoms with Crippen LogP contribution in [0.1, 0.15) is 23.3 Å². The molecule has 0 fully saturated rings. The highest BCUT2D eigenvalue weighted by molar-refractivity contribution is 7.10. The Balaban J connectivity index is 2.29. The van der Waals surface area contributed by atoms with Crippen LogP contribution in [0.4, 0.5) is 0 Å². The van der Waals surface area contributed by atoms with Crippen LogP contribution in [-0.2, 0) is 11.2 Å². The predicted molar refractivity (Wildman–Crippen MR) is 59.0 cm³/mol. The van der Waals surface area contributed by atoms with Crippen molar-refractivity contribution in [3.8, 4) is 0 Å². The van der Waals surface area contributed by atoms with Gasteiger partial charge in [0.15, 0.2) is 0 Å². The van der Waals surface area contributed by atoms with Crippen molar-refractivity contribution < 1.29 is 4.79 Å². The number of hydrogen-bond acceptors (Lipinski definition) is 3. The van der Waals surface area contributed by atoms with Crippen LogP contribution in [-0.4, -0.2) is 18.0 Å². The summed E-state index contributed by atoms with van der Waals surface area (Å²) in [4.78, 5) is 12.5. The average molecular weight is 212 g/mol. The van der Waals surface area contributed by atoms with E-state index in [4.69, 9.17) is 5.84 Å². The number of thiophene rings is 1. The Kier molecular flexibility index (Phi) is 4.10. The third-order valence-corrected chi connectivity index (χ3v) is 3.24. The van der Waals surface area contributed by atoms with E-state index in [2.05, 4.69) is 18.4 Å². The first-order valence-electron chi connectivity index (χ1n) is 4.65. The lowest BCUT2D eigenvalue weighted by Gasteiger charge is -2.08. The van der Waals surface area contributed by atoms with Crippen molar-refractivity contribution >= 4 is 17.2 Å². The zero-order chi connectivity index (χ0) is 10.6. The van der Waals surface area contributed by atoms with Gasteiger partial charge in [0.25, 0.3) is 0 Å². The van der Waals surface area contributed by atoms with Crippen LogP contribution in [0.15, 0.2) is 11.4 Å². The standard InChI is InChI=1S/C10H16N2OS/c1-8-6-7-14-9(8)4-3-5-10(13)12(2)11/h6-7H,3-5,11H2,1-2H3. The predicted octanol–water partition coefficient (Wildman–Crippen LogP) is 1.71. The fourth-order valence-corrected chi connectivity index (χ4v) is 2.19. The quantitative estimate of drug-likeness (QED) is 0.469. The number of hydrogen-bond donors (Lipinski definition) is 1. The lowest BCUT2D eigenvalue weighted by Crippen LogP contribution is -2.32. The minimum Gasteiger partial charge on any atom is -0.284 e. The molecule has 14 heavy (non-hydrogen) atoms. The Morgan fingerprint density at radius 2 is 2.36 bits per heavy atom. The molecular weight excluding hydrogens is 196 g/mol. The van der Waals surface area contributed by atoms with Crippen molar-refractivity contribution in [1.29, 1.82) is 0 Å². The summed E-state index contributed by atoms with van der Waals surface area (Å²) in [6, 6.07) is 2.11. The molecule has 1 heterocycles. The normalized spacial score (nSPS) is 10.2. The van der Waals surface area contributed by atoms with Gasteiger partial charge in [-0.1, -0.05) is 0 Å². The van der Waals surface area contributed by atoms with Crippen molar-refractivity contribution in [2.75, 3.05) is 7.05 Å². The molecule has 0 aliphatic carbocycles. The second kappa shape index (κ2) is 5.12. The number of nitrogens with zero attached hydrogens (tertiary/aromatic N) is 1. The van der Waals surface area contributed by atoms with Gasteiger partial charge in [-0.2, -0.15) is 0 Å². The summed E-state index contributed by atoms with van der Waals surface area (Å²) in [7, 11) is 1.58. The van der Waals surface area contributed by atoms with Crippen LogP contribution in [0, 0.1) is 6.92 Å². The number of nitrogens with two attached hydrogens (primary N) is 1. The first kappa shape index (κ1) is 11.2. The maximum absolute atomic E-state index is 11.2. The number of carbonyl (C=O) groups excluding carboxylic acids is 1. The molecule has 78 valence electrons. The number of rotatable bonds is 4. The zero-order valence-corrected chi connectivity index (χ0v) is 9.43. The molecule has 0 radical (unpaired) electrons. The van der Waals surface area contributed by atoms with E-state index in [0.717, 1.165) is 17.9 Å². The van der Waals surface area contributed by atoms with E-state index in [1.165, 1.54) is 10.4 Å². The SMILES string of the molecule is Cc1ccsc1CCCC(=O)N(C)N. The van der Waals surface area contributed by atoms with Crippen molar-refractivity contribution in [2.45, 2.75) is 26.2 Å². The molecule has 4 heteroatoms. The molecule has 3 nitrogen and oxygen atoms in total. The van der Waals surface area contributed by atoms with Crippen molar-refractivity contribution in [3.63, 3.8) is 0 Å². The van der Waals surface area contributed by atoms with Gasteiger partial charge in [0.05, 0.1) is 0 Å². The molecule has 1 aromatic rings. The van der Waals surface area contributed by atoms with Crippen LogP contribution >= 0.6 is 11.3 Å². The van der Waals surface area contributed by atoms with Crippen molar-refractivity contribution in [2.24, 2.45) is 5.84 Å². The van der Waals surface area contributed by atoms with Crippen molar-refractivity contribution in [3.05, 3.63) is 21.9 Å². The molecule has 0 aromatic carbocycles. The highest BCUT2D eigenvalue weighted by Crippen LogP contribution is 2.17. The van der Waals surface area contributed by atoms with E-state index in [0.29, 0.717) is 6.42 Å². The smallest absolute Gasteiger partial charge is 0.236 e. The number of carbonyl (C=O) groups is 1. The Morgan fingerprint density at radius 1 is 1.64 bits per heavy atom. The first-order valence-corrected chi connectivity index (χ1v) is 5.53. The Bertz CT molecular complexity index is 307. The van der Waals surface area contributed by atoms with Crippen LogP contribution in [0.3, 0.4) is 0 Å². The maximum Gasteiger partial charge on any atom is 0.236 e. The summed E-state index contributed by atoms with van der Waals surface area (Å²) in [6.45, 7) is 2.10. The molecule has 2 N–H and O–H groups in total. The Labute approximate surface area is 88.5 Å². The van der Waals surface area contributed by atoms with Gasteiger partial charge >= 0.3 is 0 Å². The van der Waals surface area contributed by atoms with E-state index in [-0.39, 0.29) is 5.91 Å². The molecule has 0 saturated heterocycles. The van der Waals surface area contributed by atoms with Crippen LogP contribution in [0.5, 0.6) is 0 Å². The van der Waals surface area contributed by atoms with Gasteiger partial charge in [0.1, 0.15) is 0 Å². The minimum absolute atomic E-state index is 0.000732. The summed E-state index contributed by atoms with van der Waals surface area (Å²) in [6.07, 6.45) is 2.38. The molecule has 0 spiro atoms. The van der Waals surface area contributed by atoms with Gasteiger partial charge in [0, 0.05) is 18.3 Å². The van der Waals surface area contributed by atoms with Crippen LogP contribution in [0.25, 0.3) is 0 Å². The Hall–Kier alpha value is -0.870. The molecule has 1 amide bonds. The van der Waals surface area contributed by atoms with Gasteiger partial charge < -0.3 is 0 Å². The molecule has 0 saturated carbocycles. The Morgan fingerprint density at radius 3 is 2.86 bits per heavy atom. The van der Waals surface area contributed by atoms with Gasteiger partial charge in [0.2, 0.25) is 5.91 Å². The second-order valence-corrected chi connectivity index (χ2v) is 4.39. The molecule has 0 aliphatic rings. The van der Waals surface area contributed by atoms with E-state index in [9.17, 15) is 4.79 Å². The zero-order valence-electron chi connectivity index (χ0n) is 8.62. The summed E-state index contributed by atoms with van der Waals surface area (Å²) in [5.41, 5.74) is 1.32. The number of amides is 1. The average Bonchev–Trinajstić information content (AvgIpc) is 2.51. The first-order chi connectivity index (χ1) is 6.61. The van der Waals surface area contributed by atoms with E-state index < -0.39 is 0 Å². The van der Waals surface area contributed by atoms with Crippen LogP contribution < -0.4 is 5.84 Å². The molecule has 0 unspecified atom stereocenters. The summed E-state index contributed by atoms with van der Waals surface area (Å²) in [5, 5.41) is 3.24. The molecule has 1 rings (SSSR count). The molecule has 0 atom stereocenters. The topological polar surface area (TPSA) is 46.3 Å². The van der Waals surface area contributed by atoms with Crippen molar-refractivity contribution in [1.82, 2.24) is 5.01 Å². The maximum atomic E-state index is 11.2. The largest absolute Gasteiger partial charge is 0.284 e. The summed E-state index contributed by atoms with van der Waals surface area (Å²) >= 11 is 1.75. The van der Waals surface area contributed by atoms with Gasteiger partial charge in [-0.05, 0) is 36.8 Å². The minimum atomic E-state index is -0.000732. The van der Waals surface area contributed by atoms with Gasteiger partial charge in [-0.15, -0.1) is 11.3 Å². The highest BCUT2D eigenvalue weighted by Gasteiger charge is 2.05. The van der Waals surface area contributed by atoms with Gasteiger partial charge in [-0.3, -0.25) is 9.80 Å². The van der Waals surface area contributed by atoms with Crippen LogP contribution in [0.2, 0.25) is 0 Å². The number of hydrazine groups is 1. The summed E-state index contributed by atoms with van der Waals surface area (Å²) in [5.74, 6) is 5.31. The van der Waals surface area contributed by atoms with E-state index >= 15 is 0 Å². The third kappa shape index (κ3) is 3.12. The lowest BCUT2D eigenvalue weighted by molar-refractivity contribution is -0.130.